The van der Waals surface area contributed by atoms with Crippen molar-refractivity contribution >= 4 is 0 Å². The van der Waals surface area contributed by atoms with E-state index in [0.29, 0.717) is 6.61 Å². The summed E-state index contributed by atoms with van der Waals surface area (Å²) in [5.41, 5.74) is 0.923. The Bertz CT molecular complexity index is 305. The Balaban J connectivity index is 2.09. The van der Waals surface area contributed by atoms with Crippen LogP contribution in [0.15, 0.2) is 12.5 Å². The fourth-order valence-corrected chi connectivity index (χ4v) is 2.05. The topological polar surface area (TPSA) is 47.3 Å². The number of aliphatic hydroxyl groups excluding tert-OH is 1. The maximum absolute atomic E-state index is 10.2. The van der Waals surface area contributed by atoms with Gasteiger partial charge in [0.25, 0.3) is 0 Å². The first-order valence-electron chi connectivity index (χ1n) is 5.58. The molecule has 1 fully saturated rings. The van der Waals surface area contributed by atoms with Crippen molar-refractivity contribution < 1.29 is 9.84 Å². The number of rotatable bonds is 4. The Morgan fingerprint density at radius 1 is 1.73 bits per heavy atom. The SMILES string of the molecule is CCCn1cncc1C(O)C1CCOC1. The normalized spacial score (nSPS) is 23.2. The third-order valence-corrected chi connectivity index (χ3v) is 2.92. The van der Waals surface area contributed by atoms with Crippen LogP contribution in [0.5, 0.6) is 0 Å². The second-order valence-electron chi connectivity index (χ2n) is 4.08. The second kappa shape index (κ2) is 4.77. The summed E-state index contributed by atoms with van der Waals surface area (Å²) in [5.74, 6) is 0.234. The van der Waals surface area contributed by atoms with Crippen LogP contribution in [0.4, 0.5) is 0 Å². The Labute approximate surface area is 89.9 Å². The molecule has 1 aliphatic heterocycles. The lowest BCUT2D eigenvalue weighted by molar-refractivity contribution is 0.0855. The van der Waals surface area contributed by atoms with Crippen LogP contribution >= 0.6 is 0 Å². The van der Waals surface area contributed by atoms with Crippen LogP contribution in [-0.4, -0.2) is 27.9 Å². The molecule has 2 heterocycles. The number of nitrogens with zero attached hydrogens (tertiary/aromatic N) is 2. The number of aryl methyl sites for hydroxylation is 1. The molecule has 2 rings (SSSR count). The number of hydrogen-bond acceptors (Lipinski definition) is 3. The molecule has 0 saturated carbocycles. The van der Waals surface area contributed by atoms with Gasteiger partial charge in [-0.25, -0.2) is 4.98 Å². The van der Waals surface area contributed by atoms with Crippen molar-refractivity contribution in [3.8, 4) is 0 Å². The van der Waals surface area contributed by atoms with Crippen LogP contribution in [0.3, 0.4) is 0 Å². The highest BCUT2D eigenvalue weighted by molar-refractivity contribution is 5.04. The van der Waals surface area contributed by atoms with Gasteiger partial charge in [0, 0.05) is 19.1 Å². The third kappa shape index (κ3) is 2.21. The first kappa shape index (κ1) is 10.6. The van der Waals surface area contributed by atoms with Gasteiger partial charge in [-0.05, 0) is 12.8 Å². The van der Waals surface area contributed by atoms with Gasteiger partial charge < -0.3 is 14.4 Å². The monoisotopic (exact) mass is 210 g/mol. The summed E-state index contributed by atoms with van der Waals surface area (Å²) in [6, 6.07) is 0. The molecule has 1 aromatic heterocycles. The quantitative estimate of drug-likeness (QED) is 0.816. The third-order valence-electron chi connectivity index (χ3n) is 2.92. The Kier molecular flexibility index (Phi) is 3.38. The van der Waals surface area contributed by atoms with Crippen molar-refractivity contribution in [2.24, 2.45) is 5.92 Å². The molecule has 84 valence electrons. The smallest absolute Gasteiger partial charge is 0.101 e. The molecule has 4 nitrogen and oxygen atoms in total. The van der Waals surface area contributed by atoms with Gasteiger partial charge in [-0.1, -0.05) is 6.92 Å². The number of aliphatic hydroxyl groups is 1. The molecule has 0 bridgehead atoms. The van der Waals surface area contributed by atoms with Crippen LogP contribution in [0.1, 0.15) is 31.6 Å². The molecule has 1 N–H and O–H groups in total. The minimum absolute atomic E-state index is 0.234. The summed E-state index contributed by atoms with van der Waals surface area (Å²) in [6.45, 7) is 4.47. The molecule has 0 amide bonds. The number of hydrogen-bond donors (Lipinski definition) is 1. The van der Waals surface area contributed by atoms with Crippen molar-refractivity contribution in [2.75, 3.05) is 13.2 Å². The van der Waals surface area contributed by atoms with Crippen molar-refractivity contribution in [1.29, 1.82) is 0 Å². The van der Waals surface area contributed by atoms with E-state index in [1.54, 1.807) is 12.5 Å². The van der Waals surface area contributed by atoms with Gasteiger partial charge in [0.2, 0.25) is 0 Å². The molecule has 15 heavy (non-hydrogen) atoms. The second-order valence-corrected chi connectivity index (χ2v) is 4.08. The van der Waals surface area contributed by atoms with Gasteiger partial charge >= 0.3 is 0 Å². The lowest BCUT2D eigenvalue weighted by Gasteiger charge is -2.17. The minimum atomic E-state index is -0.429. The lowest BCUT2D eigenvalue weighted by Crippen LogP contribution is -2.16. The van der Waals surface area contributed by atoms with E-state index in [1.165, 1.54) is 0 Å². The summed E-state index contributed by atoms with van der Waals surface area (Å²) < 4.78 is 7.32. The van der Waals surface area contributed by atoms with E-state index in [1.807, 2.05) is 4.57 Å². The summed E-state index contributed by atoms with van der Waals surface area (Å²) in [5, 5.41) is 10.2. The Hall–Kier alpha value is -0.870. The molecular weight excluding hydrogens is 192 g/mol. The van der Waals surface area contributed by atoms with Crippen LogP contribution in [0.2, 0.25) is 0 Å². The molecular formula is C11H18N2O2. The molecule has 1 aliphatic rings. The number of imidazole rings is 1. The van der Waals surface area contributed by atoms with Gasteiger partial charge in [-0.2, -0.15) is 0 Å². The molecule has 0 spiro atoms. The van der Waals surface area contributed by atoms with Crippen LogP contribution in [-0.2, 0) is 11.3 Å². The van der Waals surface area contributed by atoms with E-state index in [-0.39, 0.29) is 5.92 Å². The van der Waals surface area contributed by atoms with Crippen LogP contribution in [0, 0.1) is 5.92 Å². The van der Waals surface area contributed by atoms with Gasteiger partial charge in [0.05, 0.1) is 24.8 Å². The zero-order chi connectivity index (χ0) is 10.7. The van der Waals surface area contributed by atoms with Gasteiger partial charge in [0.15, 0.2) is 0 Å². The average Bonchev–Trinajstić information content (AvgIpc) is 2.87. The highest BCUT2D eigenvalue weighted by Crippen LogP contribution is 2.28. The van der Waals surface area contributed by atoms with E-state index >= 15 is 0 Å². The standard InChI is InChI=1S/C11H18N2O2/c1-2-4-13-8-12-6-10(13)11(14)9-3-5-15-7-9/h6,8-9,11,14H,2-5,7H2,1H3. The molecule has 0 aliphatic carbocycles. The molecule has 1 aromatic rings. The molecule has 0 aromatic carbocycles. The van der Waals surface area contributed by atoms with E-state index in [4.69, 9.17) is 4.74 Å². The summed E-state index contributed by atoms with van der Waals surface area (Å²) >= 11 is 0. The maximum atomic E-state index is 10.2. The van der Waals surface area contributed by atoms with Crippen molar-refractivity contribution in [3.63, 3.8) is 0 Å². The fourth-order valence-electron chi connectivity index (χ4n) is 2.05. The zero-order valence-electron chi connectivity index (χ0n) is 9.09. The Morgan fingerprint density at radius 3 is 3.27 bits per heavy atom. The first-order chi connectivity index (χ1) is 7.33. The number of ether oxygens (including phenoxy) is 1. The van der Waals surface area contributed by atoms with E-state index in [0.717, 1.165) is 31.7 Å². The summed E-state index contributed by atoms with van der Waals surface area (Å²) in [4.78, 5) is 4.10. The van der Waals surface area contributed by atoms with Crippen LogP contribution < -0.4 is 0 Å². The largest absolute Gasteiger partial charge is 0.386 e. The first-order valence-corrected chi connectivity index (χ1v) is 5.58. The molecule has 1 saturated heterocycles. The van der Waals surface area contributed by atoms with E-state index < -0.39 is 6.10 Å². The molecule has 4 heteroatoms. The lowest BCUT2D eigenvalue weighted by atomic mass is 9.99. The Morgan fingerprint density at radius 2 is 2.60 bits per heavy atom. The van der Waals surface area contributed by atoms with E-state index in [2.05, 4.69) is 11.9 Å². The average molecular weight is 210 g/mol. The van der Waals surface area contributed by atoms with Crippen molar-refractivity contribution in [1.82, 2.24) is 9.55 Å². The minimum Gasteiger partial charge on any atom is -0.386 e. The van der Waals surface area contributed by atoms with Gasteiger partial charge in [-0.15, -0.1) is 0 Å². The number of aromatic nitrogens is 2. The summed E-state index contributed by atoms with van der Waals surface area (Å²) in [6.07, 6.45) is 5.12. The van der Waals surface area contributed by atoms with E-state index in [9.17, 15) is 5.11 Å². The summed E-state index contributed by atoms with van der Waals surface area (Å²) in [7, 11) is 0. The highest BCUT2D eigenvalue weighted by Gasteiger charge is 2.27. The van der Waals surface area contributed by atoms with Crippen molar-refractivity contribution in [2.45, 2.75) is 32.4 Å². The van der Waals surface area contributed by atoms with Gasteiger partial charge in [0.1, 0.15) is 6.10 Å². The van der Waals surface area contributed by atoms with Gasteiger partial charge in [-0.3, -0.25) is 0 Å². The fraction of sp³-hybridized carbons (Fsp3) is 0.727. The highest BCUT2D eigenvalue weighted by atomic mass is 16.5. The zero-order valence-corrected chi connectivity index (χ0v) is 9.09. The van der Waals surface area contributed by atoms with Crippen LogP contribution in [0.25, 0.3) is 0 Å². The molecule has 0 radical (unpaired) electrons. The molecule has 2 atom stereocenters. The maximum Gasteiger partial charge on any atom is 0.101 e. The van der Waals surface area contributed by atoms with Crippen molar-refractivity contribution in [3.05, 3.63) is 18.2 Å². The predicted molar refractivity (Wildman–Crippen MR) is 56.4 cm³/mol. The molecule has 2 unspecified atom stereocenters. The predicted octanol–water partition coefficient (Wildman–Crippen LogP) is 1.36.